The second kappa shape index (κ2) is 5.87. The maximum atomic E-state index is 13.6. The van der Waals surface area contributed by atoms with Crippen LogP contribution in [0, 0.1) is 18.6 Å². The van der Waals surface area contributed by atoms with Crippen molar-refractivity contribution in [2.24, 2.45) is 0 Å². The molecule has 0 aliphatic heterocycles. The highest BCUT2D eigenvalue weighted by molar-refractivity contribution is 5.99. The van der Waals surface area contributed by atoms with E-state index < -0.39 is 23.5 Å². The molecule has 0 radical (unpaired) electrons. The third kappa shape index (κ3) is 2.88. The van der Waals surface area contributed by atoms with E-state index in [1.807, 2.05) is 0 Å². The minimum absolute atomic E-state index is 0.184. The van der Waals surface area contributed by atoms with E-state index >= 15 is 0 Å². The van der Waals surface area contributed by atoms with Gasteiger partial charge in [0.25, 0.3) is 0 Å². The maximum absolute atomic E-state index is 13.6. The van der Waals surface area contributed by atoms with Gasteiger partial charge in [-0.3, -0.25) is 4.79 Å². The number of carbonyl (C=O) groups excluding carboxylic acids is 1. The molecule has 1 atom stereocenters. The summed E-state index contributed by atoms with van der Waals surface area (Å²) in [5, 5.41) is 0. The summed E-state index contributed by atoms with van der Waals surface area (Å²) >= 11 is 0. The van der Waals surface area contributed by atoms with E-state index in [2.05, 4.69) is 0 Å². The van der Waals surface area contributed by atoms with Crippen LogP contribution >= 0.6 is 0 Å². The number of halogens is 2. The van der Waals surface area contributed by atoms with Crippen molar-refractivity contribution in [2.75, 3.05) is 6.61 Å². The zero-order valence-corrected chi connectivity index (χ0v) is 10.2. The molecule has 0 aliphatic rings. The molecule has 0 fully saturated rings. The third-order valence-electron chi connectivity index (χ3n) is 2.57. The van der Waals surface area contributed by atoms with E-state index in [-0.39, 0.29) is 11.1 Å². The first-order valence-corrected chi connectivity index (χ1v) is 5.63. The molecule has 1 rings (SSSR count). The summed E-state index contributed by atoms with van der Waals surface area (Å²) in [4.78, 5) is 11.9. The molecule has 1 aromatic carbocycles. The van der Waals surface area contributed by atoms with Crippen LogP contribution in [0.25, 0.3) is 0 Å². The second-order valence-corrected chi connectivity index (χ2v) is 3.77. The number of rotatable bonds is 5. The van der Waals surface area contributed by atoms with Crippen molar-refractivity contribution in [2.45, 2.75) is 33.3 Å². The van der Waals surface area contributed by atoms with E-state index in [0.29, 0.717) is 13.0 Å². The highest BCUT2D eigenvalue weighted by Crippen LogP contribution is 2.18. The maximum Gasteiger partial charge on any atom is 0.194 e. The molecule has 0 N–H and O–H groups in total. The molecule has 0 bridgehead atoms. The Hall–Kier alpha value is -1.29. The van der Waals surface area contributed by atoms with Crippen molar-refractivity contribution < 1.29 is 18.3 Å². The van der Waals surface area contributed by atoms with Gasteiger partial charge in [-0.15, -0.1) is 0 Å². The lowest BCUT2D eigenvalue weighted by Gasteiger charge is -2.14. The quantitative estimate of drug-likeness (QED) is 0.741. The fourth-order valence-electron chi connectivity index (χ4n) is 1.59. The van der Waals surface area contributed by atoms with Crippen LogP contribution in [-0.4, -0.2) is 18.5 Å². The van der Waals surface area contributed by atoms with Crippen molar-refractivity contribution in [1.82, 2.24) is 0 Å². The van der Waals surface area contributed by atoms with E-state index in [0.717, 1.165) is 0 Å². The lowest BCUT2D eigenvalue weighted by molar-refractivity contribution is 0.0439. The van der Waals surface area contributed by atoms with Crippen molar-refractivity contribution in [3.8, 4) is 0 Å². The topological polar surface area (TPSA) is 26.3 Å². The van der Waals surface area contributed by atoms with E-state index in [1.165, 1.54) is 19.1 Å². The molecule has 2 nitrogen and oxygen atoms in total. The van der Waals surface area contributed by atoms with Crippen molar-refractivity contribution in [1.29, 1.82) is 0 Å². The van der Waals surface area contributed by atoms with Gasteiger partial charge in [-0.25, -0.2) is 8.78 Å². The van der Waals surface area contributed by atoms with Gasteiger partial charge in [-0.1, -0.05) is 13.0 Å². The van der Waals surface area contributed by atoms with Crippen LogP contribution in [-0.2, 0) is 4.74 Å². The number of benzene rings is 1. The normalized spacial score (nSPS) is 12.5. The standard InChI is InChI=1S/C13H16F2O2/c1-4-10(17-5-2)13(16)9-7-6-8(3)11(14)12(9)15/h6-7,10H,4-5H2,1-3H3. The largest absolute Gasteiger partial charge is 0.370 e. The molecule has 94 valence electrons. The van der Waals surface area contributed by atoms with Crippen molar-refractivity contribution >= 4 is 5.78 Å². The zero-order chi connectivity index (χ0) is 13.0. The van der Waals surface area contributed by atoms with Crippen LogP contribution in [0.2, 0.25) is 0 Å². The van der Waals surface area contributed by atoms with Crippen LogP contribution in [0.1, 0.15) is 36.2 Å². The first-order chi connectivity index (χ1) is 8.02. The summed E-state index contributed by atoms with van der Waals surface area (Å²) in [5.41, 5.74) is -0.0584. The number of ketones is 1. The molecule has 0 amide bonds. The molecule has 17 heavy (non-hydrogen) atoms. The average molecular weight is 242 g/mol. The van der Waals surface area contributed by atoms with Crippen LogP contribution in [0.3, 0.4) is 0 Å². The van der Waals surface area contributed by atoms with Crippen LogP contribution < -0.4 is 0 Å². The molecule has 0 heterocycles. The average Bonchev–Trinajstić information content (AvgIpc) is 2.32. The molecule has 0 aromatic heterocycles. The molecule has 0 spiro atoms. The summed E-state index contributed by atoms with van der Waals surface area (Å²) in [6.45, 7) is 5.33. The molecule has 0 saturated heterocycles. The van der Waals surface area contributed by atoms with Crippen molar-refractivity contribution in [3.05, 3.63) is 34.9 Å². The molecule has 4 heteroatoms. The SMILES string of the molecule is CCOC(CC)C(=O)c1ccc(C)c(F)c1F. The molecular weight excluding hydrogens is 226 g/mol. The zero-order valence-electron chi connectivity index (χ0n) is 10.2. The number of hydrogen-bond donors (Lipinski definition) is 0. The number of hydrogen-bond acceptors (Lipinski definition) is 2. The smallest absolute Gasteiger partial charge is 0.194 e. The van der Waals surface area contributed by atoms with Crippen LogP contribution in [0.4, 0.5) is 8.78 Å². The van der Waals surface area contributed by atoms with E-state index in [4.69, 9.17) is 4.74 Å². The van der Waals surface area contributed by atoms with Gasteiger partial charge in [-0.05, 0) is 31.9 Å². The molecule has 0 saturated carbocycles. The summed E-state index contributed by atoms with van der Waals surface area (Å²) in [5.74, 6) is -2.57. The first-order valence-electron chi connectivity index (χ1n) is 5.63. The van der Waals surface area contributed by atoms with Crippen molar-refractivity contribution in [3.63, 3.8) is 0 Å². The minimum atomic E-state index is -1.09. The van der Waals surface area contributed by atoms with Gasteiger partial charge in [0.1, 0.15) is 6.10 Å². The van der Waals surface area contributed by atoms with E-state index in [9.17, 15) is 13.6 Å². The van der Waals surface area contributed by atoms with Gasteiger partial charge >= 0.3 is 0 Å². The minimum Gasteiger partial charge on any atom is -0.370 e. The highest BCUT2D eigenvalue weighted by Gasteiger charge is 2.23. The van der Waals surface area contributed by atoms with Gasteiger partial charge in [0.2, 0.25) is 0 Å². The van der Waals surface area contributed by atoms with Crippen LogP contribution in [0.15, 0.2) is 12.1 Å². The van der Waals surface area contributed by atoms with Crippen LogP contribution in [0.5, 0.6) is 0 Å². The fourth-order valence-corrected chi connectivity index (χ4v) is 1.59. The third-order valence-corrected chi connectivity index (χ3v) is 2.57. The van der Waals surface area contributed by atoms with Gasteiger partial charge in [0.05, 0.1) is 5.56 Å². The second-order valence-electron chi connectivity index (χ2n) is 3.77. The lowest BCUT2D eigenvalue weighted by atomic mass is 10.0. The summed E-state index contributed by atoms with van der Waals surface area (Å²) in [7, 11) is 0. The predicted molar refractivity (Wildman–Crippen MR) is 61.1 cm³/mol. The fraction of sp³-hybridized carbons (Fsp3) is 0.462. The Labute approximate surface area is 99.6 Å². The first kappa shape index (κ1) is 13.8. The molecule has 1 aromatic rings. The summed E-state index contributed by atoms with van der Waals surface area (Å²) in [6, 6.07) is 2.70. The Kier molecular flexibility index (Phi) is 4.75. The molecule has 1 unspecified atom stereocenters. The Bertz CT molecular complexity index is 416. The number of carbonyl (C=O) groups is 1. The number of ether oxygens (including phenoxy) is 1. The molecule has 0 aliphatic carbocycles. The highest BCUT2D eigenvalue weighted by atomic mass is 19.2. The van der Waals surface area contributed by atoms with Gasteiger partial charge in [0, 0.05) is 6.61 Å². The Morgan fingerprint density at radius 2 is 1.94 bits per heavy atom. The van der Waals surface area contributed by atoms with Gasteiger partial charge in [0.15, 0.2) is 17.4 Å². The number of aryl methyl sites for hydroxylation is 1. The monoisotopic (exact) mass is 242 g/mol. The summed E-state index contributed by atoms with van der Waals surface area (Å²) < 4.78 is 32.1. The molecular formula is C13H16F2O2. The Morgan fingerprint density at radius 1 is 1.29 bits per heavy atom. The van der Waals surface area contributed by atoms with Gasteiger partial charge in [-0.2, -0.15) is 0 Å². The Morgan fingerprint density at radius 3 is 2.47 bits per heavy atom. The van der Waals surface area contributed by atoms with Gasteiger partial charge < -0.3 is 4.74 Å². The Balaban J connectivity index is 3.08. The summed E-state index contributed by atoms with van der Waals surface area (Å²) in [6.07, 6.45) is -0.279. The number of Topliss-reactive ketones (excluding diaryl/α,β-unsaturated/α-hetero) is 1. The van der Waals surface area contributed by atoms with E-state index in [1.54, 1.807) is 13.8 Å². The predicted octanol–water partition coefficient (Wildman–Crippen LogP) is 3.27. The lowest BCUT2D eigenvalue weighted by Crippen LogP contribution is -2.25.